The van der Waals surface area contributed by atoms with Crippen LogP contribution in [0.4, 0.5) is 10.1 Å². The summed E-state index contributed by atoms with van der Waals surface area (Å²) in [5.41, 5.74) is 1.60. The van der Waals surface area contributed by atoms with Gasteiger partial charge in [-0.1, -0.05) is 30.0 Å². The van der Waals surface area contributed by atoms with E-state index in [-0.39, 0.29) is 22.3 Å². The number of benzene rings is 3. The van der Waals surface area contributed by atoms with Crippen LogP contribution in [0.15, 0.2) is 76.7 Å². The Balaban J connectivity index is 1.66. The fourth-order valence-electron chi connectivity index (χ4n) is 3.31. The summed E-state index contributed by atoms with van der Waals surface area (Å²) in [7, 11) is -3.42. The third kappa shape index (κ3) is 5.18. The summed E-state index contributed by atoms with van der Waals surface area (Å²) in [4.78, 5) is 30.6. The molecule has 0 fully saturated rings. The highest BCUT2D eigenvalue weighted by Crippen LogP contribution is 2.24. The number of nitrogens with zero attached hydrogens (tertiary/aromatic N) is 2. The van der Waals surface area contributed by atoms with Gasteiger partial charge in [0.25, 0.3) is 5.56 Å². The Bertz CT molecular complexity index is 1570. The van der Waals surface area contributed by atoms with Crippen LogP contribution in [0.1, 0.15) is 15.9 Å². The quantitative estimate of drug-likeness (QED) is 0.234. The van der Waals surface area contributed by atoms with Crippen LogP contribution in [0.2, 0.25) is 0 Å². The summed E-state index contributed by atoms with van der Waals surface area (Å²) in [6.07, 6.45) is 1.04. The van der Waals surface area contributed by atoms with Gasteiger partial charge in [-0.25, -0.2) is 17.8 Å². The fraction of sp³-hybridized carbons (Fsp3) is 0.125. The Labute approximate surface area is 199 Å². The van der Waals surface area contributed by atoms with Crippen molar-refractivity contribution in [3.63, 3.8) is 0 Å². The SMILES string of the molecule is Cc1ccc(-n2c(SCC(=O)c3ccc(NS(C)(=O)=O)cc3)nc3ccccc3c2=O)cc1F. The first kappa shape index (κ1) is 23.7. The zero-order valence-corrected chi connectivity index (χ0v) is 19.9. The zero-order chi connectivity index (χ0) is 24.5. The van der Waals surface area contributed by atoms with Crippen molar-refractivity contribution in [2.45, 2.75) is 12.1 Å². The molecule has 3 aromatic carbocycles. The minimum atomic E-state index is -3.42. The number of aromatic nitrogens is 2. The van der Waals surface area contributed by atoms with E-state index in [4.69, 9.17) is 0 Å². The summed E-state index contributed by atoms with van der Waals surface area (Å²) >= 11 is 1.07. The zero-order valence-electron chi connectivity index (χ0n) is 18.3. The lowest BCUT2D eigenvalue weighted by atomic mass is 10.1. The Morgan fingerprint density at radius 3 is 2.47 bits per heavy atom. The normalized spacial score (nSPS) is 11.5. The molecule has 0 aliphatic rings. The Kier molecular flexibility index (Phi) is 6.54. The van der Waals surface area contributed by atoms with Gasteiger partial charge in [0.15, 0.2) is 10.9 Å². The Morgan fingerprint density at radius 1 is 1.09 bits per heavy atom. The molecule has 7 nitrogen and oxygen atoms in total. The number of sulfonamides is 1. The van der Waals surface area contributed by atoms with Crippen LogP contribution in [0, 0.1) is 12.7 Å². The lowest BCUT2D eigenvalue weighted by molar-refractivity contribution is 0.102. The van der Waals surface area contributed by atoms with Crippen molar-refractivity contribution in [1.29, 1.82) is 0 Å². The molecule has 0 saturated heterocycles. The van der Waals surface area contributed by atoms with Gasteiger partial charge < -0.3 is 0 Å². The number of hydrogen-bond donors (Lipinski definition) is 1. The van der Waals surface area contributed by atoms with E-state index >= 15 is 0 Å². The molecule has 1 N–H and O–H groups in total. The van der Waals surface area contributed by atoms with Crippen molar-refractivity contribution in [2.24, 2.45) is 0 Å². The number of nitrogens with one attached hydrogen (secondary N) is 1. The average Bonchev–Trinajstić information content (AvgIpc) is 2.79. The van der Waals surface area contributed by atoms with Gasteiger partial charge in [-0.05, 0) is 61.0 Å². The molecular weight excluding hydrogens is 477 g/mol. The summed E-state index contributed by atoms with van der Waals surface area (Å²) < 4.78 is 40.6. The van der Waals surface area contributed by atoms with Gasteiger partial charge in [0.2, 0.25) is 10.0 Å². The van der Waals surface area contributed by atoms with E-state index in [1.54, 1.807) is 43.3 Å². The number of halogens is 1. The van der Waals surface area contributed by atoms with E-state index in [0.29, 0.717) is 33.4 Å². The second-order valence-electron chi connectivity index (χ2n) is 7.65. The molecule has 0 aliphatic heterocycles. The third-order valence-electron chi connectivity index (χ3n) is 5.00. The average molecular weight is 498 g/mol. The lowest BCUT2D eigenvalue weighted by Gasteiger charge is -2.13. The molecule has 0 radical (unpaired) electrons. The van der Waals surface area contributed by atoms with Crippen molar-refractivity contribution in [1.82, 2.24) is 9.55 Å². The molecule has 4 rings (SSSR count). The van der Waals surface area contributed by atoms with Gasteiger partial charge in [-0.3, -0.25) is 18.9 Å². The van der Waals surface area contributed by atoms with Crippen molar-refractivity contribution in [3.05, 3.63) is 94.0 Å². The fourth-order valence-corrected chi connectivity index (χ4v) is 4.78. The monoisotopic (exact) mass is 497 g/mol. The molecule has 4 aromatic rings. The molecule has 0 bridgehead atoms. The van der Waals surface area contributed by atoms with E-state index in [0.717, 1.165) is 18.0 Å². The number of rotatable bonds is 7. The topological polar surface area (TPSA) is 98.1 Å². The number of anilines is 1. The molecule has 0 aliphatic carbocycles. The van der Waals surface area contributed by atoms with Crippen LogP contribution in [0.3, 0.4) is 0 Å². The highest BCUT2D eigenvalue weighted by molar-refractivity contribution is 7.99. The van der Waals surface area contributed by atoms with Crippen molar-refractivity contribution in [2.75, 3.05) is 16.7 Å². The number of hydrogen-bond acceptors (Lipinski definition) is 6. The largest absolute Gasteiger partial charge is 0.293 e. The van der Waals surface area contributed by atoms with Crippen molar-refractivity contribution >= 4 is 44.2 Å². The van der Waals surface area contributed by atoms with E-state index in [1.165, 1.54) is 34.9 Å². The molecular formula is C24H20FN3O4S2. The first-order valence-corrected chi connectivity index (χ1v) is 13.0. The van der Waals surface area contributed by atoms with Crippen molar-refractivity contribution < 1.29 is 17.6 Å². The van der Waals surface area contributed by atoms with Crippen LogP contribution >= 0.6 is 11.8 Å². The van der Waals surface area contributed by atoms with E-state index < -0.39 is 15.8 Å². The molecule has 1 heterocycles. The molecule has 10 heteroatoms. The number of para-hydroxylation sites is 1. The summed E-state index contributed by atoms with van der Waals surface area (Å²) in [6, 6.07) is 17.4. The van der Waals surface area contributed by atoms with Crippen molar-refractivity contribution in [3.8, 4) is 5.69 Å². The minimum absolute atomic E-state index is 0.0298. The smallest absolute Gasteiger partial charge is 0.266 e. The van der Waals surface area contributed by atoms with E-state index in [2.05, 4.69) is 9.71 Å². The van der Waals surface area contributed by atoms with Crippen LogP contribution in [0.25, 0.3) is 16.6 Å². The highest BCUT2D eigenvalue weighted by atomic mass is 32.2. The van der Waals surface area contributed by atoms with Gasteiger partial charge in [-0.15, -0.1) is 0 Å². The van der Waals surface area contributed by atoms with Crippen LogP contribution in [-0.2, 0) is 10.0 Å². The molecule has 0 spiro atoms. The first-order chi connectivity index (χ1) is 16.1. The van der Waals surface area contributed by atoms with E-state index in [9.17, 15) is 22.4 Å². The predicted molar refractivity (Wildman–Crippen MR) is 132 cm³/mol. The molecule has 0 amide bonds. The van der Waals surface area contributed by atoms with Crippen LogP contribution in [-0.4, -0.2) is 35.8 Å². The molecule has 0 saturated carbocycles. The first-order valence-electron chi connectivity index (χ1n) is 10.1. The second-order valence-corrected chi connectivity index (χ2v) is 10.3. The number of aryl methyl sites for hydroxylation is 1. The summed E-state index contributed by atoms with van der Waals surface area (Å²) in [6.45, 7) is 1.63. The maximum Gasteiger partial charge on any atom is 0.266 e. The van der Waals surface area contributed by atoms with Gasteiger partial charge in [0.05, 0.1) is 28.6 Å². The number of Topliss-reactive ketones (excluding diaryl/α,β-unsaturated/α-hetero) is 1. The molecule has 0 unspecified atom stereocenters. The molecule has 34 heavy (non-hydrogen) atoms. The van der Waals surface area contributed by atoms with Crippen LogP contribution in [0.5, 0.6) is 0 Å². The molecule has 0 atom stereocenters. The molecule has 1 aromatic heterocycles. The van der Waals surface area contributed by atoms with Crippen LogP contribution < -0.4 is 10.3 Å². The standard InChI is InChI=1S/C24H20FN3O4S2/c1-15-7-12-18(13-20(15)25)28-23(30)19-5-3-4-6-21(19)26-24(28)33-14-22(29)16-8-10-17(11-9-16)27-34(2,31)32/h3-13,27H,14H2,1-2H3. The van der Waals surface area contributed by atoms with Gasteiger partial charge in [0, 0.05) is 11.3 Å². The number of ketones is 1. The van der Waals surface area contributed by atoms with Gasteiger partial charge in [-0.2, -0.15) is 0 Å². The number of carbonyl (C=O) groups is 1. The maximum absolute atomic E-state index is 14.3. The van der Waals surface area contributed by atoms with E-state index in [1.807, 2.05) is 0 Å². The number of carbonyl (C=O) groups excluding carboxylic acids is 1. The summed E-state index contributed by atoms with van der Waals surface area (Å²) in [5.74, 6) is -0.717. The predicted octanol–water partition coefficient (Wildman–Crippen LogP) is 4.18. The van der Waals surface area contributed by atoms with Gasteiger partial charge >= 0.3 is 0 Å². The molecule has 174 valence electrons. The third-order valence-corrected chi connectivity index (χ3v) is 6.55. The second kappa shape index (κ2) is 9.40. The number of fused-ring (bicyclic) bond motifs is 1. The maximum atomic E-state index is 14.3. The minimum Gasteiger partial charge on any atom is -0.293 e. The Hall–Kier alpha value is -3.50. The lowest BCUT2D eigenvalue weighted by Crippen LogP contribution is -2.22. The highest BCUT2D eigenvalue weighted by Gasteiger charge is 2.16. The summed E-state index contributed by atoms with van der Waals surface area (Å²) in [5, 5.41) is 0.642. The number of thioether (sulfide) groups is 1. The Morgan fingerprint density at radius 2 is 1.79 bits per heavy atom. The van der Waals surface area contributed by atoms with Gasteiger partial charge in [0.1, 0.15) is 5.82 Å².